The van der Waals surface area contributed by atoms with Crippen molar-refractivity contribution in [2.75, 3.05) is 18.9 Å². The van der Waals surface area contributed by atoms with Crippen LogP contribution in [0.1, 0.15) is 51.1 Å². The number of ether oxygens (including phenoxy) is 2. The Morgan fingerprint density at radius 2 is 2.07 bits per heavy atom. The van der Waals surface area contributed by atoms with Gasteiger partial charge in [0.05, 0.1) is 17.0 Å². The number of hydrogen-bond acceptors (Lipinski definition) is 5. The minimum Gasteiger partial charge on any atom is -0.490 e. The molecule has 1 aliphatic rings. The van der Waals surface area contributed by atoms with Gasteiger partial charge in [-0.25, -0.2) is 0 Å². The summed E-state index contributed by atoms with van der Waals surface area (Å²) in [5, 5.41) is 3.96. The van der Waals surface area contributed by atoms with Crippen LogP contribution in [0.3, 0.4) is 0 Å². The molecule has 0 saturated heterocycles. The lowest BCUT2D eigenvalue weighted by atomic mass is 9.93. The number of rotatable bonds is 8. The number of aromatic nitrogens is 1. The second-order valence-corrected chi connectivity index (χ2v) is 7.57. The fourth-order valence-corrected chi connectivity index (χ4v) is 3.71. The van der Waals surface area contributed by atoms with Gasteiger partial charge in [0.25, 0.3) is 0 Å². The van der Waals surface area contributed by atoms with Crippen LogP contribution in [-0.4, -0.2) is 36.3 Å². The molecule has 1 saturated carbocycles. The highest BCUT2D eigenvalue weighted by molar-refractivity contribution is 5.95. The van der Waals surface area contributed by atoms with Gasteiger partial charge in [-0.1, -0.05) is 19.4 Å². The highest BCUT2D eigenvalue weighted by Gasteiger charge is 2.24. The van der Waals surface area contributed by atoms with Crippen LogP contribution in [0.2, 0.25) is 0 Å². The fraction of sp³-hybridized carbons (Fsp3) is 0.545. The molecule has 28 heavy (non-hydrogen) atoms. The average molecular weight is 386 g/mol. The number of nitrogens with one attached hydrogen (secondary N) is 1. The topological polar surface area (TPSA) is 86.5 Å². The molecule has 1 aliphatic carbocycles. The van der Waals surface area contributed by atoms with Crippen molar-refractivity contribution in [2.24, 2.45) is 0 Å². The largest absolute Gasteiger partial charge is 0.490 e. The standard InChI is InChI=1S/C22H31N3O3/c1-3-4-12-27-14-21(26)25-16-8-10-17(11-9-16)28-20-7-5-6-19-22(20)18(23)13-15(2)24-19/h5-7,13,16-17H,3-4,8-12,14H2,1-2H3,(H2,23,24)(H,25,26)/t16-,17-. The molecule has 1 amide bonds. The number of carbonyl (C=O) groups is 1. The lowest BCUT2D eigenvalue weighted by Crippen LogP contribution is -2.41. The minimum absolute atomic E-state index is 0.0243. The quantitative estimate of drug-likeness (QED) is 0.676. The van der Waals surface area contributed by atoms with Crippen molar-refractivity contribution < 1.29 is 14.3 Å². The number of pyridine rings is 1. The van der Waals surface area contributed by atoms with Gasteiger partial charge in [-0.05, 0) is 57.2 Å². The fourth-order valence-electron chi connectivity index (χ4n) is 3.71. The molecule has 152 valence electrons. The number of amides is 1. The van der Waals surface area contributed by atoms with Gasteiger partial charge in [0.1, 0.15) is 12.4 Å². The molecular formula is C22H31N3O3. The Bertz CT molecular complexity index is 801. The van der Waals surface area contributed by atoms with Crippen LogP contribution in [0.4, 0.5) is 5.69 Å². The molecule has 6 heteroatoms. The molecule has 3 N–H and O–H groups in total. The van der Waals surface area contributed by atoms with E-state index in [-0.39, 0.29) is 24.7 Å². The number of unbranched alkanes of at least 4 members (excludes halogenated alkanes) is 1. The van der Waals surface area contributed by atoms with Crippen LogP contribution in [0.25, 0.3) is 10.9 Å². The summed E-state index contributed by atoms with van der Waals surface area (Å²) in [4.78, 5) is 16.5. The van der Waals surface area contributed by atoms with Crippen molar-refractivity contribution >= 4 is 22.5 Å². The number of nitrogens with zero attached hydrogens (tertiary/aromatic N) is 1. The van der Waals surface area contributed by atoms with Gasteiger partial charge in [-0.2, -0.15) is 0 Å². The van der Waals surface area contributed by atoms with Crippen LogP contribution in [0, 0.1) is 6.92 Å². The van der Waals surface area contributed by atoms with Gasteiger partial charge in [0, 0.05) is 24.0 Å². The number of benzene rings is 1. The first kappa shape index (κ1) is 20.4. The lowest BCUT2D eigenvalue weighted by molar-refractivity contribution is -0.126. The van der Waals surface area contributed by atoms with Gasteiger partial charge in [0.2, 0.25) is 5.91 Å². The molecule has 0 aliphatic heterocycles. The molecule has 3 rings (SSSR count). The Hall–Kier alpha value is -2.34. The van der Waals surface area contributed by atoms with E-state index in [0.717, 1.165) is 60.9 Å². The molecule has 6 nitrogen and oxygen atoms in total. The maximum Gasteiger partial charge on any atom is 0.246 e. The molecule has 1 aromatic heterocycles. The molecule has 0 bridgehead atoms. The summed E-state index contributed by atoms with van der Waals surface area (Å²) in [6, 6.07) is 7.94. The van der Waals surface area contributed by atoms with Crippen molar-refractivity contribution in [1.82, 2.24) is 10.3 Å². The van der Waals surface area contributed by atoms with Crippen LogP contribution >= 0.6 is 0 Å². The third kappa shape index (κ3) is 5.35. The summed E-state index contributed by atoms with van der Waals surface area (Å²) in [5.74, 6) is 0.767. The number of aryl methyl sites for hydroxylation is 1. The molecule has 0 spiro atoms. The normalized spacial score (nSPS) is 19.5. The van der Waals surface area contributed by atoms with Crippen LogP contribution in [-0.2, 0) is 9.53 Å². The number of carbonyl (C=O) groups excluding carboxylic acids is 1. The lowest BCUT2D eigenvalue weighted by Gasteiger charge is -2.30. The van der Waals surface area contributed by atoms with E-state index < -0.39 is 0 Å². The number of hydrogen-bond donors (Lipinski definition) is 2. The molecule has 1 heterocycles. The van der Waals surface area contributed by atoms with E-state index in [1.807, 2.05) is 31.2 Å². The third-order valence-electron chi connectivity index (χ3n) is 5.16. The first-order chi connectivity index (χ1) is 13.6. The molecular weight excluding hydrogens is 354 g/mol. The Labute approximate surface area is 166 Å². The SMILES string of the molecule is CCCCOCC(=O)N[C@H]1CC[C@H](Oc2cccc3nc(C)cc(N)c23)CC1. The number of nitrogen functional groups attached to an aromatic ring is 1. The predicted octanol–water partition coefficient (Wildman–Crippen LogP) is 3.75. The van der Waals surface area contributed by atoms with Gasteiger partial charge >= 0.3 is 0 Å². The van der Waals surface area contributed by atoms with E-state index in [1.165, 1.54) is 0 Å². The van der Waals surface area contributed by atoms with Crippen LogP contribution in [0.15, 0.2) is 24.3 Å². The van der Waals surface area contributed by atoms with Crippen LogP contribution in [0.5, 0.6) is 5.75 Å². The molecule has 1 aromatic carbocycles. The Balaban J connectivity index is 1.51. The number of fused-ring (bicyclic) bond motifs is 1. The zero-order valence-corrected chi connectivity index (χ0v) is 16.9. The minimum atomic E-state index is -0.0243. The van der Waals surface area contributed by atoms with Crippen LogP contribution < -0.4 is 15.8 Å². The zero-order chi connectivity index (χ0) is 19.9. The number of nitrogens with two attached hydrogens (primary N) is 1. The van der Waals surface area contributed by atoms with Gasteiger partial charge < -0.3 is 20.5 Å². The highest BCUT2D eigenvalue weighted by atomic mass is 16.5. The second kappa shape index (κ2) is 9.73. The summed E-state index contributed by atoms with van der Waals surface area (Å²) < 4.78 is 11.7. The third-order valence-corrected chi connectivity index (χ3v) is 5.16. The van der Waals surface area contributed by atoms with Crippen molar-refractivity contribution in [3.05, 3.63) is 30.0 Å². The van der Waals surface area contributed by atoms with E-state index in [1.54, 1.807) is 0 Å². The molecule has 2 aromatic rings. The van der Waals surface area contributed by atoms with E-state index >= 15 is 0 Å². The van der Waals surface area contributed by atoms with Crippen molar-refractivity contribution in [3.63, 3.8) is 0 Å². The molecule has 0 radical (unpaired) electrons. The molecule has 0 unspecified atom stereocenters. The zero-order valence-electron chi connectivity index (χ0n) is 16.9. The summed E-state index contributed by atoms with van der Waals surface area (Å²) in [5.41, 5.74) is 8.68. The van der Waals surface area contributed by atoms with E-state index in [0.29, 0.717) is 12.3 Å². The second-order valence-electron chi connectivity index (χ2n) is 7.57. The average Bonchev–Trinajstić information content (AvgIpc) is 2.66. The molecule has 1 fully saturated rings. The van der Waals surface area contributed by atoms with Crippen molar-refractivity contribution in [1.29, 1.82) is 0 Å². The summed E-state index contributed by atoms with van der Waals surface area (Å²) in [6.45, 7) is 4.84. The van der Waals surface area contributed by atoms with E-state index in [2.05, 4.69) is 17.2 Å². The van der Waals surface area contributed by atoms with Gasteiger partial charge in [-0.3, -0.25) is 9.78 Å². The van der Waals surface area contributed by atoms with Crippen molar-refractivity contribution in [2.45, 2.75) is 64.5 Å². The summed E-state index contributed by atoms with van der Waals surface area (Å²) >= 11 is 0. The smallest absolute Gasteiger partial charge is 0.246 e. The first-order valence-corrected chi connectivity index (χ1v) is 10.3. The summed E-state index contributed by atoms with van der Waals surface area (Å²) in [7, 11) is 0. The van der Waals surface area contributed by atoms with E-state index in [9.17, 15) is 4.79 Å². The first-order valence-electron chi connectivity index (χ1n) is 10.3. The maximum absolute atomic E-state index is 12.0. The van der Waals surface area contributed by atoms with Gasteiger partial charge in [0.15, 0.2) is 0 Å². The Morgan fingerprint density at radius 3 is 2.82 bits per heavy atom. The number of anilines is 1. The van der Waals surface area contributed by atoms with Gasteiger partial charge in [-0.15, -0.1) is 0 Å². The Kier molecular flexibility index (Phi) is 7.09. The molecule has 0 atom stereocenters. The summed E-state index contributed by atoms with van der Waals surface area (Å²) in [6.07, 6.45) is 5.80. The Morgan fingerprint density at radius 1 is 1.29 bits per heavy atom. The maximum atomic E-state index is 12.0. The highest BCUT2D eigenvalue weighted by Crippen LogP contribution is 2.33. The monoisotopic (exact) mass is 385 g/mol. The van der Waals surface area contributed by atoms with E-state index in [4.69, 9.17) is 15.2 Å². The van der Waals surface area contributed by atoms with Crippen molar-refractivity contribution in [3.8, 4) is 5.75 Å². The predicted molar refractivity (Wildman–Crippen MR) is 111 cm³/mol.